The second kappa shape index (κ2) is 5.79. The second-order valence-electron chi connectivity index (χ2n) is 4.84. The van der Waals surface area contributed by atoms with Crippen LogP contribution in [0.1, 0.15) is 40.2 Å². The smallest absolute Gasteiger partial charge is 0.152 e. The third-order valence-corrected chi connectivity index (χ3v) is 3.10. The summed E-state index contributed by atoms with van der Waals surface area (Å²) in [5.74, 6) is -1.06. The molecule has 6 heteroatoms. The van der Waals surface area contributed by atoms with Gasteiger partial charge in [-0.1, -0.05) is 18.2 Å². The third kappa shape index (κ3) is 3.00. The van der Waals surface area contributed by atoms with Gasteiger partial charge in [0, 0.05) is 20.2 Å². The van der Waals surface area contributed by atoms with E-state index in [-0.39, 0.29) is 34.4 Å². The zero-order valence-corrected chi connectivity index (χ0v) is 12.3. The van der Waals surface area contributed by atoms with Crippen LogP contribution in [0.25, 0.3) is 21.9 Å². The van der Waals surface area contributed by atoms with E-state index in [1.807, 2.05) is 0 Å². The van der Waals surface area contributed by atoms with Crippen LogP contribution in [0, 0.1) is 0 Å². The van der Waals surface area contributed by atoms with Crippen molar-refractivity contribution in [1.29, 1.82) is 0 Å². The number of rotatable bonds is 5. The molecule has 0 aliphatic heterocycles. The maximum Gasteiger partial charge on any atom is 0.152 e. The first-order valence-corrected chi connectivity index (χ1v) is 6.85. The molecule has 6 nitrogen and oxygen atoms in total. The number of pyridine rings is 1. The standard InChI is InChI=1S/C17H22N4O2/c1-4-23-9-13-20-14-15(21(13)10-17(2,3)22)11-7-5-6-8-12(11)19-16(14)18/h5-8,22H,4,9-10H2,1-3H3,(H2,18,19)/i2D3,3D3,9D2,10D2. The molecule has 0 aliphatic carbocycles. The molecule has 0 atom stereocenters. The number of imidazole rings is 1. The number of nitrogens with zero attached hydrogens (tertiary/aromatic N) is 3. The lowest BCUT2D eigenvalue weighted by atomic mass is 10.1. The Balaban J connectivity index is 2.61. The van der Waals surface area contributed by atoms with E-state index in [0.717, 1.165) is 0 Å². The van der Waals surface area contributed by atoms with E-state index in [0.29, 0.717) is 4.57 Å². The van der Waals surface area contributed by atoms with Gasteiger partial charge in [0.15, 0.2) is 5.82 Å². The van der Waals surface area contributed by atoms with Gasteiger partial charge in [0.2, 0.25) is 0 Å². The van der Waals surface area contributed by atoms with Gasteiger partial charge in [-0.3, -0.25) is 0 Å². The van der Waals surface area contributed by atoms with Crippen LogP contribution >= 0.6 is 0 Å². The Morgan fingerprint density at radius 3 is 2.91 bits per heavy atom. The molecule has 3 rings (SSSR count). The highest BCUT2D eigenvalue weighted by Crippen LogP contribution is 2.30. The molecule has 0 unspecified atom stereocenters. The highest BCUT2D eigenvalue weighted by Gasteiger charge is 2.22. The average molecular weight is 324 g/mol. The van der Waals surface area contributed by atoms with Crippen molar-refractivity contribution >= 4 is 27.8 Å². The monoisotopic (exact) mass is 324 g/mol. The lowest BCUT2D eigenvalue weighted by molar-refractivity contribution is 0.0582. The molecule has 0 bridgehead atoms. The first-order chi connectivity index (χ1) is 14.9. The van der Waals surface area contributed by atoms with Crippen molar-refractivity contribution in [2.24, 2.45) is 0 Å². The Morgan fingerprint density at radius 2 is 2.17 bits per heavy atom. The number of hydrogen-bond donors (Lipinski definition) is 2. The molecule has 2 aromatic heterocycles. The Hall–Kier alpha value is -2.18. The minimum Gasteiger partial charge on any atom is -0.389 e. The van der Waals surface area contributed by atoms with Gasteiger partial charge in [0.05, 0.1) is 28.6 Å². The number of aromatic nitrogens is 3. The molecule has 1 aromatic carbocycles. The van der Waals surface area contributed by atoms with E-state index in [9.17, 15) is 5.11 Å². The maximum atomic E-state index is 11.0. The summed E-state index contributed by atoms with van der Waals surface area (Å²) in [6, 6.07) is 6.16. The Labute approximate surface area is 149 Å². The number of anilines is 1. The quantitative estimate of drug-likeness (QED) is 0.753. The summed E-state index contributed by atoms with van der Waals surface area (Å²) in [4.78, 5) is 8.21. The largest absolute Gasteiger partial charge is 0.389 e. The first-order valence-electron chi connectivity index (χ1n) is 11.9. The lowest BCUT2D eigenvalue weighted by Gasteiger charge is -2.20. The van der Waals surface area contributed by atoms with E-state index in [4.69, 9.17) is 24.2 Å². The van der Waals surface area contributed by atoms with Gasteiger partial charge in [-0.2, -0.15) is 0 Å². The van der Waals surface area contributed by atoms with Crippen molar-refractivity contribution < 1.29 is 23.6 Å². The highest BCUT2D eigenvalue weighted by atomic mass is 16.5. The van der Waals surface area contributed by atoms with Gasteiger partial charge in [0.25, 0.3) is 0 Å². The molecule has 0 spiro atoms. The van der Waals surface area contributed by atoms with Crippen molar-refractivity contribution in [2.75, 3.05) is 12.3 Å². The summed E-state index contributed by atoms with van der Waals surface area (Å²) in [6.07, 6.45) is 0. The second-order valence-corrected chi connectivity index (χ2v) is 4.84. The van der Waals surface area contributed by atoms with E-state index in [2.05, 4.69) is 9.97 Å². The molecule has 122 valence electrons. The third-order valence-electron chi connectivity index (χ3n) is 3.10. The van der Waals surface area contributed by atoms with Gasteiger partial charge in [-0.05, 0) is 26.7 Å². The zero-order chi connectivity index (χ0) is 25.2. The number of nitrogens with two attached hydrogens (primary N) is 1. The van der Waals surface area contributed by atoms with E-state index in [1.165, 1.54) is 19.1 Å². The SMILES string of the molecule is [2H]C([2H])(OCC)c1nc2c(N)nc3ccccc3c2n1C([2H])([2H])C(O)(C([2H])([2H])[2H])C([2H])([2H])[2H]. The number of hydrogen-bond acceptors (Lipinski definition) is 5. The van der Waals surface area contributed by atoms with Gasteiger partial charge < -0.3 is 20.1 Å². The molecule has 0 amide bonds. The normalized spacial score (nSPS) is 21.1. The van der Waals surface area contributed by atoms with Crippen LogP contribution in [0.2, 0.25) is 0 Å². The number of para-hydroxylation sites is 1. The first kappa shape index (κ1) is 7.59. The van der Waals surface area contributed by atoms with Crippen molar-refractivity contribution in [3.63, 3.8) is 0 Å². The van der Waals surface area contributed by atoms with Gasteiger partial charge in [-0.15, -0.1) is 0 Å². The predicted molar refractivity (Wildman–Crippen MR) is 91.1 cm³/mol. The Bertz CT molecular complexity index is 1190. The number of ether oxygens (including phenoxy) is 1. The lowest BCUT2D eigenvalue weighted by Crippen LogP contribution is -2.27. The summed E-state index contributed by atoms with van der Waals surface area (Å²) >= 11 is 0. The molecule has 2 heterocycles. The molecule has 23 heavy (non-hydrogen) atoms. The van der Waals surface area contributed by atoms with Crippen LogP contribution < -0.4 is 5.73 Å². The fraction of sp³-hybridized carbons (Fsp3) is 0.412. The van der Waals surface area contributed by atoms with Crippen LogP contribution in [-0.2, 0) is 17.8 Å². The molecule has 0 aliphatic rings. The molecular weight excluding hydrogens is 292 g/mol. The molecule has 0 saturated carbocycles. The predicted octanol–water partition coefficient (Wildman–Crippen LogP) is 2.47. The highest BCUT2D eigenvalue weighted by molar-refractivity contribution is 6.06. The minimum absolute atomic E-state index is 0.176. The Morgan fingerprint density at radius 1 is 1.39 bits per heavy atom. The van der Waals surface area contributed by atoms with Crippen molar-refractivity contribution in [2.45, 2.75) is 39.3 Å². The van der Waals surface area contributed by atoms with Crippen LogP contribution in [0.5, 0.6) is 0 Å². The summed E-state index contributed by atoms with van der Waals surface area (Å²) in [7, 11) is 0. The number of benzene rings is 1. The zero-order valence-electron chi connectivity index (χ0n) is 22.3. The van der Waals surface area contributed by atoms with E-state index in [1.54, 1.807) is 12.1 Å². The number of fused-ring (bicyclic) bond motifs is 3. The van der Waals surface area contributed by atoms with E-state index < -0.39 is 38.2 Å². The van der Waals surface area contributed by atoms with Gasteiger partial charge in [-0.25, -0.2) is 9.97 Å². The van der Waals surface area contributed by atoms with Crippen molar-refractivity contribution in [1.82, 2.24) is 14.5 Å². The Kier molecular flexibility index (Phi) is 1.91. The van der Waals surface area contributed by atoms with Crippen molar-refractivity contribution in [3.05, 3.63) is 30.1 Å². The molecule has 3 aromatic rings. The minimum atomic E-state index is -3.98. The summed E-state index contributed by atoms with van der Waals surface area (Å²) in [5.41, 5.74) is 1.79. The molecule has 0 radical (unpaired) electrons. The van der Waals surface area contributed by atoms with Gasteiger partial charge >= 0.3 is 0 Å². The molecule has 0 fully saturated rings. The van der Waals surface area contributed by atoms with Crippen molar-refractivity contribution in [3.8, 4) is 0 Å². The van der Waals surface area contributed by atoms with E-state index >= 15 is 0 Å². The summed E-state index contributed by atoms with van der Waals surface area (Å²) < 4.78 is 85.6. The van der Waals surface area contributed by atoms with Crippen LogP contribution in [-0.4, -0.2) is 31.8 Å². The van der Waals surface area contributed by atoms with Crippen LogP contribution in [0.15, 0.2) is 24.3 Å². The molecule has 0 saturated heterocycles. The molecule has 3 N–H and O–H groups in total. The molecular formula is C17H22N4O2. The maximum absolute atomic E-state index is 11.0. The summed E-state index contributed by atoms with van der Waals surface area (Å²) in [5, 5.41) is 11.2. The number of nitrogen functional groups attached to an aromatic ring is 1. The van der Waals surface area contributed by atoms with Crippen LogP contribution in [0.4, 0.5) is 5.82 Å². The summed E-state index contributed by atoms with van der Waals surface area (Å²) in [6.45, 7) is -12.7. The fourth-order valence-electron chi connectivity index (χ4n) is 2.28. The van der Waals surface area contributed by atoms with Gasteiger partial charge in [0.1, 0.15) is 17.9 Å². The fourth-order valence-corrected chi connectivity index (χ4v) is 2.28. The average Bonchev–Trinajstić information content (AvgIpc) is 3.09. The topological polar surface area (TPSA) is 86.2 Å². The number of aliphatic hydroxyl groups is 1. The van der Waals surface area contributed by atoms with Crippen LogP contribution in [0.3, 0.4) is 0 Å².